The van der Waals surface area contributed by atoms with Crippen LogP contribution in [0.5, 0.6) is 0 Å². The summed E-state index contributed by atoms with van der Waals surface area (Å²) in [5, 5.41) is 10.9. The van der Waals surface area contributed by atoms with Gasteiger partial charge in [0.2, 0.25) is 0 Å². The van der Waals surface area contributed by atoms with E-state index >= 15 is 0 Å². The van der Waals surface area contributed by atoms with E-state index in [1.807, 2.05) is 24.3 Å². The molecular formula is C23H22N6O2. The van der Waals surface area contributed by atoms with Crippen LogP contribution in [0.3, 0.4) is 0 Å². The summed E-state index contributed by atoms with van der Waals surface area (Å²) in [6.45, 7) is 3.48. The van der Waals surface area contributed by atoms with Crippen molar-refractivity contribution in [1.82, 2.24) is 15.8 Å². The van der Waals surface area contributed by atoms with Crippen molar-refractivity contribution >= 4 is 29.0 Å². The molecule has 2 aromatic carbocycles. The number of anilines is 1. The predicted octanol–water partition coefficient (Wildman–Crippen LogP) is 3.78. The van der Waals surface area contributed by atoms with Crippen molar-refractivity contribution in [3.05, 3.63) is 95.8 Å². The van der Waals surface area contributed by atoms with Gasteiger partial charge in [-0.15, -0.1) is 0 Å². The SMILES string of the molecule is CC(=NNC(=O)Nc1ccccc1)c1cccc(/C(C)=N/NC(=O)c2ccccc2)n1. The summed E-state index contributed by atoms with van der Waals surface area (Å²) in [5.41, 5.74) is 8.36. The molecular weight excluding hydrogens is 392 g/mol. The van der Waals surface area contributed by atoms with E-state index < -0.39 is 6.03 Å². The molecule has 1 aromatic heterocycles. The number of aromatic nitrogens is 1. The van der Waals surface area contributed by atoms with Gasteiger partial charge in [-0.2, -0.15) is 10.2 Å². The number of benzene rings is 2. The largest absolute Gasteiger partial charge is 0.339 e. The van der Waals surface area contributed by atoms with E-state index in [-0.39, 0.29) is 5.91 Å². The third-order valence-electron chi connectivity index (χ3n) is 4.21. The Bertz CT molecular complexity index is 1110. The van der Waals surface area contributed by atoms with Crippen LogP contribution in [-0.4, -0.2) is 28.3 Å². The lowest BCUT2D eigenvalue weighted by Crippen LogP contribution is -2.25. The van der Waals surface area contributed by atoms with Gasteiger partial charge in [-0.05, 0) is 50.2 Å². The Morgan fingerprint density at radius 2 is 1.26 bits per heavy atom. The second-order valence-electron chi connectivity index (χ2n) is 6.54. The normalized spacial score (nSPS) is 11.5. The van der Waals surface area contributed by atoms with Gasteiger partial charge in [0.15, 0.2) is 0 Å². The first-order valence-electron chi connectivity index (χ1n) is 9.57. The van der Waals surface area contributed by atoms with Crippen molar-refractivity contribution in [2.45, 2.75) is 13.8 Å². The first kappa shape index (κ1) is 21.4. The number of rotatable bonds is 6. The van der Waals surface area contributed by atoms with Gasteiger partial charge >= 0.3 is 6.03 Å². The summed E-state index contributed by atoms with van der Waals surface area (Å²) in [6.07, 6.45) is 0. The molecule has 0 bridgehead atoms. The van der Waals surface area contributed by atoms with Crippen LogP contribution in [0.25, 0.3) is 0 Å². The smallest absolute Gasteiger partial charge is 0.307 e. The maximum atomic E-state index is 12.1. The van der Waals surface area contributed by atoms with Crippen molar-refractivity contribution < 1.29 is 9.59 Å². The fourth-order valence-electron chi connectivity index (χ4n) is 2.56. The van der Waals surface area contributed by atoms with Gasteiger partial charge in [0.1, 0.15) is 0 Å². The lowest BCUT2D eigenvalue weighted by Gasteiger charge is -2.07. The number of hydrogen-bond donors (Lipinski definition) is 3. The van der Waals surface area contributed by atoms with Gasteiger partial charge in [-0.1, -0.05) is 42.5 Å². The Hall–Kier alpha value is -4.33. The van der Waals surface area contributed by atoms with Crippen LogP contribution < -0.4 is 16.2 Å². The summed E-state index contributed by atoms with van der Waals surface area (Å²) in [5.74, 6) is -0.303. The van der Waals surface area contributed by atoms with Crippen LogP contribution in [0, 0.1) is 0 Å². The highest BCUT2D eigenvalue weighted by atomic mass is 16.2. The molecule has 0 aliphatic heterocycles. The first-order valence-corrected chi connectivity index (χ1v) is 9.57. The minimum Gasteiger partial charge on any atom is -0.307 e. The van der Waals surface area contributed by atoms with Crippen LogP contribution in [0.4, 0.5) is 10.5 Å². The molecule has 0 fully saturated rings. The van der Waals surface area contributed by atoms with Crippen molar-refractivity contribution in [3.8, 4) is 0 Å². The predicted molar refractivity (Wildman–Crippen MR) is 121 cm³/mol. The summed E-state index contributed by atoms with van der Waals surface area (Å²) in [6, 6.07) is 22.8. The number of carbonyl (C=O) groups is 2. The molecule has 0 saturated carbocycles. The number of hydrazone groups is 2. The van der Waals surface area contributed by atoms with Gasteiger partial charge in [0, 0.05) is 11.3 Å². The molecule has 31 heavy (non-hydrogen) atoms. The molecule has 0 spiro atoms. The van der Waals surface area contributed by atoms with Gasteiger partial charge in [-0.3, -0.25) is 4.79 Å². The number of para-hydroxylation sites is 1. The van der Waals surface area contributed by atoms with Crippen molar-refractivity contribution in [2.24, 2.45) is 10.2 Å². The summed E-state index contributed by atoms with van der Waals surface area (Å²) < 4.78 is 0. The van der Waals surface area contributed by atoms with Gasteiger partial charge < -0.3 is 5.32 Å². The lowest BCUT2D eigenvalue weighted by atomic mass is 10.2. The molecule has 0 saturated heterocycles. The maximum Gasteiger partial charge on any atom is 0.339 e. The summed E-state index contributed by atoms with van der Waals surface area (Å²) >= 11 is 0. The topological polar surface area (TPSA) is 108 Å². The molecule has 3 rings (SSSR count). The fourth-order valence-corrected chi connectivity index (χ4v) is 2.56. The Balaban J connectivity index is 1.63. The molecule has 0 unspecified atom stereocenters. The van der Waals surface area contributed by atoms with E-state index in [1.165, 1.54) is 0 Å². The van der Waals surface area contributed by atoms with E-state index in [1.54, 1.807) is 68.4 Å². The van der Waals surface area contributed by atoms with Crippen molar-refractivity contribution in [1.29, 1.82) is 0 Å². The zero-order valence-electron chi connectivity index (χ0n) is 17.2. The van der Waals surface area contributed by atoms with E-state index in [2.05, 4.69) is 31.4 Å². The second kappa shape index (κ2) is 10.4. The Kier molecular flexibility index (Phi) is 7.21. The van der Waals surface area contributed by atoms with Crippen LogP contribution in [-0.2, 0) is 0 Å². The highest BCUT2D eigenvalue weighted by molar-refractivity contribution is 6.02. The van der Waals surface area contributed by atoms with Crippen LogP contribution in [0.15, 0.2) is 89.1 Å². The molecule has 3 amide bonds. The minimum absolute atomic E-state index is 0.303. The van der Waals surface area contributed by atoms with E-state index in [4.69, 9.17) is 0 Å². The third kappa shape index (κ3) is 6.33. The van der Waals surface area contributed by atoms with Gasteiger partial charge in [0.25, 0.3) is 5.91 Å². The van der Waals surface area contributed by atoms with Crippen LogP contribution >= 0.6 is 0 Å². The van der Waals surface area contributed by atoms with Crippen LogP contribution in [0.2, 0.25) is 0 Å². The number of pyridine rings is 1. The zero-order valence-corrected chi connectivity index (χ0v) is 17.2. The monoisotopic (exact) mass is 414 g/mol. The number of nitrogens with one attached hydrogen (secondary N) is 3. The van der Waals surface area contributed by atoms with Crippen molar-refractivity contribution in [3.63, 3.8) is 0 Å². The van der Waals surface area contributed by atoms with Gasteiger partial charge in [0.05, 0.1) is 22.8 Å². The Morgan fingerprint density at radius 1 is 0.710 bits per heavy atom. The van der Waals surface area contributed by atoms with Gasteiger partial charge in [-0.25, -0.2) is 20.6 Å². The molecule has 8 heteroatoms. The molecule has 0 radical (unpaired) electrons. The zero-order chi connectivity index (χ0) is 22.1. The molecule has 8 nitrogen and oxygen atoms in total. The second-order valence-corrected chi connectivity index (χ2v) is 6.54. The maximum absolute atomic E-state index is 12.1. The number of urea groups is 1. The molecule has 0 aliphatic rings. The minimum atomic E-state index is -0.455. The molecule has 0 atom stereocenters. The average Bonchev–Trinajstić information content (AvgIpc) is 2.82. The molecule has 3 aromatic rings. The molecule has 0 aliphatic carbocycles. The van der Waals surface area contributed by atoms with Crippen LogP contribution in [0.1, 0.15) is 35.6 Å². The number of amides is 3. The Labute approximate surface area is 180 Å². The summed E-state index contributed by atoms with van der Waals surface area (Å²) in [4.78, 5) is 28.6. The number of nitrogens with zero attached hydrogens (tertiary/aromatic N) is 3. The summed E-state index contributed by atoms with van der Waals surface area (Å²) in [7, 11) is 0. The molecule has 3 N–H and O–H groups in total. The van der Waals surface area contributed by atoms with E-state index in [0.29, 0.717) is 34.1 Å². The quantitative estimate of drug-likeness (QED) is 0.422. The Morgan fingerprint density at radius 3 is 1.87 bits per heavy atom. The highest BCUT2D eigenvalue weighted by Gasteiger charge is 2.07. The molecule has 156 valence electrons. The van der Waals surface area contributed by atoms with Crippen molar-refractivity contribution in [2.75, 3.05) is 5.32 Å². The number of hydrogen-bond acceptors (Lipinski definition) is 5. The first-order chi connectivity index (χ1) is 15.0. The fraction of sp³-hybridized carbons (Fsp3) is 0.0870. The molecule has 1 heterocycles. The number of carbonyl (C=O) groups excluding carboxylic acids is 2. The van der Waals surface area contributed by atoms with E-state index in [9.17, 15) is 9.59 Å². The highest BCUT2D eigenvalue weighted by Crippen LogP contribution is 2.05. The standard InChI is InChI=1S/C23H22N6O2/c1-16(26-28-22(30)18-10-5-3-6-11-18)20-14-9-15-21(25-20)17(2)27-29-23(31)24-19-12-7-4-8-13-19/h3-15H,1-2H3,(H,28,30)(H2,24,29,31)/b26-16+,27-17?. The lowest BCUT2D eigenvalue weighted by molar-refractivity contribution is 0.0955. The third-order valence-corrected chi connectivity index (χ3v) is 4.21. The average molecular weight is 414 g/mol. The van der Waals surface area contributed by atoms with E-state index in [0.717, 1.165) is 0 Å².